The Bertz CT molecular complexity index is 1670. The summed E-state index contributed by atoms with van der Waals surface area (Å²) in [4.78, 5) is 31.3. The lowest BCUT2D eigenvalue weighted by Gasteiger charge is -2.23. The van der Waals surface area contributed by atoms with Gasteiger partial charge in [-0.3, -0.25) is 9.36 Å². The van der Waals surface area contributed by atoms with Crippen molar-refractivity contribution in [3.8, 4) is 23.3 Å². The van der Waals surface area contributed by atoms with Crippen LogP contribution < -0.4 is 29.1 Å². The minimum Gasteiger partial charge on any atom is -0.490 e. The molecule has 0 saturated heterocycles. The lowest BCUT2D eigenvalue weighted by atomic mass is 9.97. The molecule has 0 bridgehead atoms. The Morgan fingerprint density at radius 3 is 2.59 bits per heavy atom. The molecule has 2 heterocycles. The van der Waals surface area contributed by atoms with Gasteiger partial charge in [0.1, 0.15) is 11.8 Å². The molecule has 1 aliphatic rings. The zero-order chi connectivity index (χ0) is 28.1. The highest BCUT2D eigenvalue weighted by Gasteiger charge is 2.31. The Kier molecular flexibility index (Phi) is 8.97. The number of rotatable bonds is 9. The lowest BCUT2D eigenvalue weighted by molar-refractivity contribution is -0.136. The van der Waals surface area contributed by atoms with E-state index in [0.29, 0.717) is 45.7 Å². The first-order valence-electron chi connectivity index (χ1n) is 11.8. The highest BCUT2D eigenvalue weighted by molar-refractivity contribution is 7.07. The summed E-state index contributed by atoms with van der Waals surface area (Å²) < 4.78 is 23.7. The smallest absolute Gasteiger partial charge is 0.337 e. The molecule has 0 saturated carbocycles. The molecule has 0 spiro atoms. The first kappa shape index (κ1) is 28.2. The number of halogens is 2. The number of fused-ring (bicyclic) bond motifs is 1. The SMILES string of the molecule is CCOc1ccc([C@H]2C(C(=O)OC)=CN=c3s/c(=C/c4cc(Cl)cc(Cl)c4OCC#N)c(=O)n32)cc1OCC. The number of benzene rings is 2. The summed E-state index contributed by atoms with van der Waals surface area (Å²) >= 11 is 13.6. The van der Waals surface area contributed by atoms with E-state index in [2.05, 4.69) is 4.99 Å². The maximum atomic E-state index is 13.8. The Labute approximate surface area is 237 Å². The number of hydrogen-bond donors (Lipinski definition) is 0. The van der Waals surface area contributed by atoms with Crippen molar-refractivity contribution >= 4 is 46.6 Å². The summed E-state index contributed by atoms with van der Waals surface area (Å²) in [6.45, 7) is 4.30. The Hall–Kier alpha value is -3.78. The summed E-state index contributed by atoms with van der Waals surface area (Å²) in [5.74, 6) is 0.613. The highest BCUT2D eigenvalue weighted by atomic mass is 35.5. The molecule has 0 aliphatic carbocycles. The predicted molar refractivity (Wildman–Crippen MR) is 148 cm³/mol. The molecule has 0 radical (unpaired) electrons. The summed E-state index contributed by atoms with van der Waals surface area (Å²) in [6.07, 6.45) is 2.97. The van der Waals surface area contributed by atoms with Crippen LogP contribution in [0.2, 0.25) is 10.0 Å². The zero-order valence-corrected chi connectivity index (χ0v) is 23.5. The van der Waals surface area contributed by atoms with Crippen LogP contribution in [-0.2, 0) is 9.53 Å². The van der Waals surface area contributed by atoms with Crippen LogP contribution >= 0.6 is 34.5 Å². The molecular formula is C27H23Cl2N3O6S. The maximum absolute atomic E-state index is 13.8. The minimum absolute atomic E-state index is 0.173. The quantitative estimate of drug-likeness (QED) is 0.347. The first-order valence-corrected chi connectivity index (χ1v) is 13.4. The monoisotopic (exact) mass is 587 g/mol. The van der Waals surface area contributed by atoms with E-state index in [1.807, 2.05) is 19.9 Å². The van der Waals surface area contributed by atoms with Gasteiger partial charge in [-0.2, -0.15) is 5.26 Å². The fraction of sp³-hybridized carbons (Fsp3) is 0.259. The average Bonchev–Trinajstić information content (AvgIpc) is 3.23. The Balaban J connectivity index is 1.93. The third kappa shape index (κ3) is 5.81. The molecule has 1 aliphatic heterocycles. The second-order valence-corrected chi connectivity index (χ2v) is 9.85. The number of thiazole rings is 1. The Morgan fingerprint density at radius 1 is 1.15 bits per heavy atom. The number of esters is 1. The molecule has 4 rings (SSSR count). The van der Waals surface area contributed by atoms with Crippen molar-refractivity contribution in [2.75, 3.05) is 26.9 Å². The standard InChI is InChI=1S/C27H23Cl2N3O6S/c1-4-36-20-7-6-15(11-21(20)37-5-2)23-18(26(34)35-3)14-31-27-32(23)25(33)22(39-27)12-16-10-17(28)13-19(29)24(16)38-9-8-30/h6-7,10-14,23H,4-5,9H2,1-3H3/b22-12+/t23-/m0/s1. The van der Waals surface area contributed by atoms with Crippen LogP contribution in [0, 0.1) is 11.3 Å². The van der Waals surface area contributed by atoms with E-state index in [1.54, 1.807) is 30.3 Å². The van der Waals surface area contributed by atoms with Crippen LogP contribution in [0.5, 0.6) is 17.2 Å². The fourth-order valence-electron chi connectivity index (χ4n) is 4.07. The number of methoxy groups -OCH3 is 1. The molecule has 3 aromatic rings. The topological polar surface area (TPSA) is 112 Å². The molecule has 9 nitrogen and oxygen atoms in total. The summed E-state index contributed by atoms with van der Waals surface area (Å²) in [5.41, 5.74) is 0.778. The van der Waals surface area contributed by atoms with Gasteiger partial charge < -0.3 is 18.9 Å². The molecule has 1 atom stereocenters. The fourth-order valence-corrected chi connectivity index (χ4v) is 5.60. The van der Waals surface area contributed by atoms with E-state index < -0.39 is 17.6 Å². The van der Waals surface area contributed by atoms with Crippen LogP contribution in [0.4, 0.5) is 0 Å². The van der Waals surface area contributed by atoms with Gasteiger partial charge in [0.25, 0.3) is 5.56 Å². The van der Waals surface area contributed by atoms with Crippen molar-refractivity contribution < 1.29 is 23.7 Å². The molecule has 0 unspecified atom stereocenters. The van der Waals surface area contributed by atoms with Gasteiger partial charge >= 0.3 is 5.97 Å². The zero-order valence-electron chi connectivity index (χ0n) is 21.2. The van der Waals surface area contributed by atoms with Gasteiger partial charge in [-0.25, -0.2) is 9.79 Å². The van der Waals surface area contributed by atoms with Gasteiger partial charge in [-0.1, -0.05) is 40.6 Å². The predicted octanol–water partition coefficient (Wildman–Crippen LogP) is 4.02. The van der Waals surface area contributed by atoms with Crippen LogP contribution in [0.3, 0.4) is 0 Å². The number of carbonyl (C=O) groups is 1. The van der Waals surface area contributed by atoms with Gasteiger partial charge in [-0.05, 0) is 49.8 Å². The molecule has 1 aromatic heterocycles. The van der Waals surface area contributed by atoms with E-state index in [0.717, 1.165) is 11.3 Å². The Morgan fingerprint density at radius 2 is 1.90 bits per heavy atom. The average molecular weight is 588 g/mol. The van der Waals surface area contributed by atoms with Gasteiger partial charge in [0.15, 0.2) is 22.9 Å². The number of nitrogens with zero attached hydrogens (tertiary/aromatic N) is 3. The molecule has 0 N–H and O–H groups in total. The minimum atomic E-state index is -0.844. The molecule has 0 fully saturated rings. The highest BCUT2D eigenvalue weighted by Crippen LogP contribution is 2.35. The van der Waals surface area contributed by atoms with Crippen LogP contribution in [0.1, 0.15) is 31.0 Å². The summed E-state index contributed by atoms with van der Waals surface area (Å²) in [5, 5.41) is 9.48. The molecule has 2 aromatic carbocycles. The van der Waals surface area contributed by atoms with Crippen molar-refractivity contribution in [2.24, 2.45) is 4.99 Å². The first-order chi connectivity index (χ1) is 18.8. The largest absolute Gasteiger partial charge is 0.490 e. The number of nitriles is 1. The molecule has 39 heavy (non-hydrogen) atoms. The molecule has 0 amide bonds. The van der Waals surface area contributed by atoms with E-state index in [1.165, 1.54) is 23.9 Å². The van der Waals surface area contributed by atoms with Crippen LogP contribution in [0.15, 0.2) is 51.9 Å². The second-order valence-electron chi connectivity index (χ2n) is 8.00. The molecule has 202 valence electrons. The number of aromatic nitrogens is 1. The van der Waals surface area contributed by atoms with Crippen molar-refractivity contribution in [2.45, 2.75) is 19.9 Å². The second kappa shape index (κ2) is 12.4. The molecular weight excluding hydrogens is 565 g/mol. The van der Waals surface area contributed by atoms with E-state index >= 15 is 0 Å². The van der Waals surface area contributed by atoms with Crippen molar-refractivity contribution in [3.63, 3.8) is 0 Å². The van der Waals surface area contributed by atoms with E-state index in [-0.39, 0.29) is 27.5 Å². The normalized spacial score (nSPS) is 14.5. The summed E-state index contributed by atoms with van der Waals surface area (Å²) in [6, 6.07) is 9.36. The van der Waals surface area contributed by atoms with E-state index in [9.17, 15) is 9.59 Å². The van der Waals surface area contributed by atoms with Crippen LogP contribution in [0.25, 0.3) is 6.08 Å². The maximum Gasteiger partial charge on any atom is 0.337 e. The van der Waals surface area contributed by atoms with Crippen molar-refractivity contribution in [1.82, 2.24) is 4.57 Å². The van der Waals surface area contributed by atoms with Crippen molar-refractivity contribution in [1.29, 1.82) is 5.26 Å². The third-order valence-electron chi connectivity index (χ3n) is 5.61. The van der Waals surface area contributed by atoms with E-state index in [4.69, 9.17) is 47.4 Å². The lowest BCUT2D eigenvalue weighted by Crippen LogP contribution is -2.39. The van der Waals surface area contributed by atoms with Crippen LogP contribution in [-0.4, -0.2) is 37.5 Å². The van der Waals surface area contributed by atoms with Gasteiger partial charge in [0.2, 0.25) is 0 Å². The van der Waals surface area contributed by atoms with Gasteiger partial charge in [-0.15, -0.1) is 0 Å². The number of ether oxygens (including phenoxy) is 4. The van der Waals surface area contributed by atoms with Gasteiger partial charge in [0.05, 0.1) is 41.5 Å². The third-order valence-corrected chi connectivity index (χ3v) is 7.11. The van der Waals surface area contributed by atoms with Gasteiger partial charge in [0, 0.05) is 16.8 Å². The summed E-state index contributed by atoms with van der Waals surface area (Å²) in [7, 11) is 1.26. The molecule has 12 heteroatoms. The number of hydrogen-bond acceptors (Lipinski definition) is 9. The van der Waals surface area contributed by atoms with Crippen molar-refractivity contribution in [3.05, 3.63) is 83.0 Å². The number of carbonyl (C=O) groups excluding carboxylic acids is 1.